The Labute approximate surface area is 626 Å². The van der Waals surface area contributed by atoms with Crippen molar-refractivity contribution in [1.29, 1.82) is 0 Å². The zero-order chi connectivity index (χ0) is 74.9. The highest BCUT2D eigenvalue weighted by molar-refractivity contribution is 7.47. The SMILES string of the molecule is CCCCCCCCCCCCCCCCCCCCCC(=O)O[C@H](COC(=O)CCCCCCCCCCCCCCCC(C)C)COP(=O)(O)OC[C@@H](O)COP(=O)(O)OC[C@@H](COC(=O)CCCCCCCCCCCCC)OC(=O)CCCCCCCCCCCCCCCC(C)C. The van der Waals surface area contributed by atoms with Crippen molar-refractivity contribution < 1.29 is 80.2 Å². The minimum Gasteiger partial charge on any atom is -0.462 e. The van der Waals surface area contributed by atoms with E-state index >= 15 is 0 Å². The Hall–Kier alpha value is -1.94. The van der Waals surface area contributed by atoms with Crippen LogP contribution >= 0.6 is 15.6 Å². The quantitative estimate of drug-likeness (QED) is 0.0222. The van der Waals surface area contributed by atoms with Crippen LogP contribution in [0.15, 0.2) is 0 Å². The Morgan fingerprint density at radius 2 is 0.451 bits per heavy atom. The molecule has 0 aromatic heterocycles. The van der Waals surface area contributed by atoms with Crippen LogP contribution in [-0.4, -0.2) is 96.7 Å². The predicted octanol–water partition coefficient (Wildman–Crippen LogP) is 25.1. The summed E-state index contributed by atoms with van der Waals surface area (Å²) in [4.78, 5) is 73.1. The molecule has 2 unspecified atom stereocenters. The van der Waals surface area contributed by atoms with Crippen molar-refractivity contribution in [1.82, 2.24) is 0 Å². The molecule has 0 bridgehead atoms. The summed E-state index contributed by atoms with van der Waals surface area (Å²) >= 11 is 0. The molecule has 0 aromatic rings. The van der Waals surface area contributed by atoms with Crippen LogP contribution in [0.5, 0.6) is 0 Å². The molecule has 0 rings (SSSR count). The molecule has 0 spiro atoms. The van der Waals surface area contributed by atoms with Crippen LogP contribution in [0.1, 0.15) is 440 Å². The minimum atomic E-state index is -4.96. The summed E-state index contributed by atoms with van der Waals surface area (Å²) in [6.45, 7) is 9.69. The average Bonchev–Trinajstić information content (AvgIpc) is 0.952. The first-order valence-electron chi connectivity index (χ1n) is 43.0. The Morgan fingerprint density at radius 1 is 0.265 bits per heavy atom. The number of esters is 4. The molecule has 0 aliphatic rings. The van der Waals surface area contributed by atoms with Gasteiger partial charge in [-0.15, -0.1) is 0 Å². The number of aliphatic hydroxyl groups excluding tert-OH is 1. The second-order valence-electron chi connectivity index (χ2n) is 30.8. The largest absolute Gasteiger partial charge is 0.472 e. The normalized spacial score (nSPS) is 13.9. The fourth-order valence-electron chi connectivity index (χ4n) is 12.9. The molecule has 0 radical (unpaired) electrons. The van der Waals surface area contributed by atoms with Crippen molar-refractivity contribution in [3.05, 3.63) is 0 Å². The van der Waals surface area contributed by atoms with Crippen molar-refractivity contribution in [2.24, 2.45) is 11.8 Å². The van der Waals surface area contributed by atoms with E-state index in [4.69, 9.17) is 37.0 Å². The Morgan fingerprint density at radius 3 is 0.667 bits per heavy atom. The van der Waals surface area contributed by atoms with Crippen LogP contribution in [-0.2, 0) is 65.4 Å². The fourth-order valence-corrected chi connectivity index (χ4v) is 14.5. The van der Waals surface area contributed by atoms with E-state index in [9.17, 15) is 43.2 Å². The van der Waals surface area contributed by atoms with Gasteiger partial charge in [0, 0.05) is 25.7 Å². The number of phosphoric acid groups is 2. The molecule has 5 atom stereocenters. The molecule has 0 fully saturated rings. The Balaban J connectivity index is 5.25. The Bertz CT molecular complexity index is 1960. The van der Waals surface area contributed by atoms with E-state index in [0.717, 1.165) is 102 Å². The lowest BCUT2D eigenvalue weighted by Crippen LogP contribution is -2.30. The van der Waals surface area contributed by atoms with Crippen LogP contribution in [0.4, 0.5) is 0 Å². The second-order valence-corrected chi connectivity index (χ2v) is 33.7. The molecule has 606 valence electrons. The molecule has 0 heterocycles. The third-order valence-corrected chi connectivity index (χ3v) is 21.4. The minimum absolute atomic E-state index is 0.108. The summed E-state index contributed by atoms with van der Waals surface area (Å²) in [7, 11) is -9.92. The van der Waals surface area contributed by atoms with Gasteiger partial charge in [-0.05, 0) is 37.5 Å². The van der Waals surface area contributed by atoms with Gasteiger partial charge in [-0.3, -0.25) is 37.3 Å². The zero-order valence-corrected chi connectivity index (χ0v) is 68.7. The number of carbonyl (C=O) groups is 4. The van der Waals surface area contributed by atoms with E-state index in [1.165, 1.54) is 257 Å². The van der Waals surface area contributed by atoms with Crippen LogP contribution in [0.25, 0.3) is 0 Å². The standard InChI is InChI=1S/C83H162O17P2/c1-7-9-11-13-15-17-19-20-21-22-23-24-25-30-37-43-49-55-61-67-82(87)100-79(72-94-81(86)66-60-54-48-42-36-31-26-28-34-39-45-51-57-63-75(3)4)74-98-102(91,92)96-70-77(84)69-95-101(89,90)97-73-78(71-93-80(85)65-59-53-47-41-33-18-16-14-12-10-8-2)99-83(88)68-62-56-50-44-38-32-27-29-35-40-46-52-58-64-76(5)6/h75-79,84H,7-74H2,1-6H3,(H,89,90)(H,91,92)/t77-,78+,79+/m0/s1. The number of unbranched alkanes of at least 4 members (excludes halogenated alkanes) is 52. The molecule has 19 heteroatoms. The van der Waals surface area contributed by atoms with Gasteiger partial charge in [-0.25, -0.2) is 9.13 Å². The van der Waals surface area contributed by atoms with E-state index in [0.29, 0.717) is 25.7 Å². The van der Waals surface area contributed by atoms with Gasteiger partial charge in [-0.2, -0.15) is 0 Å². The summed E-state index contributed by atoms with van der Waals surface area (Å²) in [6.07, 6.45) is 65.1. The van der Waals surface area contributed by atoms with Crippen LogP contribution < -0.4 is 0 Å². The first-order chi connectivity index (χ1) is 49.4. The van der Waals surface area contributed by atoms with E-state index in [2.05, 4.69) is 41.5 Å². The number of aliphatic hydroxyl groups is 1. The van der Waals surface area contributed by atoms with Gasteiger partial charge in [0.15, 0.2) is 12.2 Å². The lowest BCUT2D eigenvalue weighted by atomic mass is 10.0. The van der Waals surface area contributed by atoms with Crippen LogP contribution in [0.2, 0.25) is 0 Å². The third-order valence-electron chi connectivity index (χ3n) is 19.5. The van der Waals surface area contributed by atoms with Crippen LogP contribution in [0.3, 0.4) is 0 Å². The van der Waals surface area contributed by atoms with Crippen molar-refractivity contribution in [2.45, 2.75) is 458 Å². The molecule has 0 amide bonds. The first kappa shape index (κ1) is 100. The maximum absolute atomic E-state index is 13.1. The zero-order valence-electron chi connectivity index (χ0n) is 66.9. The smallest absolute Gasteiger partial charge is 0.462 e. The van der Waals surface area contributed by atoms with Gasteiger partial charge in [0.25, 0.3) is 0 Å². The van der Waals surface area contributed by atoms with Gasteiger partial charge < -0.3 is 33.8 Å². The van der Waals surface area contributed by atoms with E-state index in [-0.39, 0.29) is 25.7 Å². The molecule has 0 aliphatic heterocycles. The molecule has 0 saturated heterocycles. The Kier molecular flexibility index (Phi) is 73.1. The topological polar surface area (TPSA) is 237 Å². The number of ether oxygens (including phenoxy) is 4. The lowest BCUT2D eigenvalue weighted by molar-refractivity contribution is -0.161. The van der Waals surface area contributed by atoms with Gasteiger partial charge in [0.2, 0.25) is 0 Å². The molecule has 0 aromatic carbocycles. The fraction of sp³-hybridized carbons (Fsp3) is 0.952. The van der Waals surface area contributed by atoms with Crippen molar-refractivity contribution in [3.8, 4) is 0 Å². The summed E-state index contributed by atoms with van der Waals surface area (Å²) in [5, 5.41) is 10.7. The molecule has 17 nitrogen and oxygen atoms in total. The highest BCUT2D eigenvalue weighted by atomic mass is 31.2. The van der Waals surface area contributed by atoms with Crippen molar-refractivity contribution in [2.75, 3.05) is 39.6 Å². The van der Waals surface area contributed by atoms with E-state index in [1.54, 1.807) is 0 Å². The number of carbonyl (C=O) groups excluding carboxylic acids is 4. The highest BCUT2D eigenvalue weighted by Crippen LogP contribution is 2.45. The maximum atomic E-state index is 13.1. The monoisotopic (exact) mass is 1490 g/mol. The van der Waals surface area contributed by atoms with Gasteiger partial charge in [-0.1, -0.05) is 388 Å². The molecule has 0 saturated carbocycles. The lowest BCUT2D eigenvalue weighted by Gasteiger charge is -2.21. The van der Waals surface area contributed by atoms with Gasteiger partial charge >= 0.3 is 39.5 Å². The summed E-state index contributed by atoms with van der Waals surface area (Å²) in [6, 6.07) is 0. The highest BCUT2D eigenvalue weighted by Gasteiger charge is 2.30. The predicted molar refractivity (Wildman–Crippen MR) is 418 cm³/mol. The third kappa shape index (κ3) is 76.3. The molecule has 102 heavy (non-hydrogen) atoms. The first-order valence-corrected chi connectivity index (χ1v) is 46.0. The molecule has 0 aliphatic carbocycles. The second kappa shape index (κ2) is 74.5. The van der Waals surface area contributed by atoms with E-state index < -0.39 is 97.5 Å². The molecular formula is C83H162O17P2. The van der Waals surface area contributed by atoms with Gasteiger partial charge in [0.1, 0.15) is 19.3 Å². The molecule has 3 N–H and O–H groups in total. The number of rotatable bonds is 82. The summed E-state index contributed by atoms with van der Waals surface area (Å²) in [5.74, 6) is -0.526. The van der Waals surface area contributed by atoms with E-state index in [1.807, 2.05) is 0 Å². The number of hydrogen-bond donors (Lipinski definition) is 3. The van der Waals surface area contributed by atoms with Gasteiger partial charge in [0.05, 0.1) is 26.4 Å². The summed E-state index contributed by atoms with van der Waals surface area (Å²) < 4.78 is 68.8. The number of hydrogen-bond acceptors (Lipinski definition) is 15. The van der Waals surface area contributed by atoms with Crippen molar-refractivity contribution in [3.63, 3.8) is 0 Å². The van der Waals surface area contributed by atoms with Crippen molar-refractivity contribution >= 4 is 39.5 Å². The maximum Gasteiger partial charge on any atom is 0.472 e. The molecular weight excluding hydrogens is 1330 g/mol. The summed E-state index contributed by atoms with van der Waals surface area (Å²) in [5.41, 5.74) is 0. The number of phosphoric ester groups is 2. The van der Waals surface area contributed by atoms with Crippen LogP contribution in [0, 0.1) is 11.8 Å². The average molecular weight is 1490 g/mol.